The van der Waals surface area contributed by atoms with Crippen LogP contribution < -0.4 is 10.0 Å². The quantitative estimate of drug-likeness (QED) is 0.703. The second-order valence-corrected chi connectivity index (χ2v) is 10.1. The first-order chi connectivity index (χ1) is 12.2. The van der Waals surface area contributed by atoms with E-state index in [-0.39, 0.29) is 5.91 Å². The summed E-state index contributed by atoms with van der Waals surface area (Å²) >= 11 is 1.54. The summed E-state index contributed by atoms with van der Waals surface area (Å²) in [5.74, 6) is -0.273. The van der Waals surface area contributed by atoms with Crippen LogP contribution in [0.1, 0.15) is 31.1 Å². The average molecular weight is 390 g/mol. The van der Waals surface area contributed by atoms with Crippen molar-refractivity contribution >= 4 is 48.9 Å². The molecule has 0 spiro atoms. The van der Waals surface area contributed by atoms with Crippen molar-refractivity contribution in [3.63, 3.8) is 0 Å². The van der Waals surface area contributed by atoms with Crippen LogP contribution in [0, 0.1) is 0 Å². The first-order valence-corrected chi connectivity index (χ1v) is 10.3. The molecule has 3 aromatic rings. The maximum absolute atomic E-state index is 12.4. The molecule has 2 N–H and O–H groups in total. The van der Waals surface area contributed by atoms with Crippen LogP contribution in [0.4, 0.5) is 11.4 Å². The molecule has 3 rings (SSSR count). The Morgan fingerprint density at radius 2 is 1.69 bits per heavy atom. The van der Waals surface area contributed by atoms with Crippen molar-refractivity contribution in [3.8, 4) is 0 Å². The molecule has 8 heteroatoms. The van der Waals surface area contributed by atoms with Crippen LogP contribution >= 0.6 is 11.3 Å². The Kier molecular flexibility index (Phi) is 4.72. The number of benzene rings is 2. The van der Waals surface area contributed by atoms with Gasteiger partial charge in [0.1, 0.15) is 0 Å². The summed E-state index contributed by atoms with van der Waals surface area (Å²) < 4.78 is 27.0. The summed E-state index contributed by atoms with van der Waals surface area (Å²) in [6.45, 7) is 4.86. The van der Waals surface area contributed by atoms with Crippen molar-refractivity contribution < 1.29 is 13.2 Å². The van der Waals surface area contributed by atoms with E-state index in [2.05, 4.69) is 15.0 Å². The summed E-state index contributed by atoms with van der Waals surface area (Å²) in [6, 6.07) is 11.9. The standard InChI is InChI=1S/C18H19N3O3S2/c1-18(2,3)26(23,24)21-13-6-4-12(5-7-13)17(22)20-14-8-9-16-15(10-14)19-11-25-16/h4-11,21H,1-3H3,(H,20,22). The molecular weight excluding hydrogens is 370 g/mol. The molecule has 6 nitrogen and oxygen atoms in total. The van der Waals surface area contributed by atoms with Crippen LogP contribution in [-0.2, 0) is 10.0 Å². The number of anilines is 2. The number of sulfonamides is 1. The zero-order valence-electron chi connectivity index (χ0n) is 14.6. The van der Waals surface area contributed by atoms with Gasteiger partial charge in [-0.25, -0.2) is 13.4 Å². The van der Waals surface area contributed by atoms with Crippen LogP contribution in [0.2, 0.25) is 0 Å². The number of hydrogen-bond acceptors (Lipinski definition) is 5. The molecule has 1 heterocycles. The number of carbonyl (C=O) groups excluding carboxylic acids is 1. The molecule has 136 valence electrons. The van der Waals surface area contributed by atoms with Crippen molar-refractivity contribution in [2.75, 3.05) is 10.0 Å². The second-order valence-electron chi connectivity index (χ2n) is 6.78. The Balaban J connectivity index is 1.72. The molecule has 0 fully saturated rings. The van der Waals surface area contributed by atoms with E-state index >= 15 is 0 Å². The minimum absolute atomic E-state index is 0.273. The monoisotopic (exact) mass is 389 g/mol. The van der Waals surface area contributed by atoms with E-state index in [0.717, 1.165) is 10.2 Å². The van der Waals surface area contributed by atoms with Gasteiger partial charge in [-0.3, -0.25) is 9.52 Å². The molecule has 0 atom stereocenters. The molecule has 0 radical (unpaired) electrons. The summed E-state index contributed by atoms with van der Waals surface area (Å²) in [5.41, 5.74) is 4.10. The number of nitrogens with zero attached hydrogens (tertiary/aromatic N) is 1. The largest absolute Gasteiger partial charge is 0.322 e. The van der Waals surface area contributed by atoms with E-state index in [4.69, 9.17) is 0 Å². The first kappa shape index (κ1) is 18.3. The van der Waals surface area contributed by atoms with Gasteiger partial charge < -0.3 is 5.32 Å². The summed E-state index contributed by atoms with van der Waals surface area (Å²) in [5, 5.41) is 2.82. The summed E-state index contributed by atoms with van der Waals surface area (Å²) in [6.07, 6.45) is 0. The third-order valence-electron chi connectivity index (χ3n) is 3.79. The van der Waals surface area contributed by atoms with E-state index in [1.165, 1.54) is 11.3 Å². The van der Waals surface area contributed by atoms with Crippen molar-refractivity contribution in [1.82, 2.24) is 4.98 Å². The number of amides is 1. The van der Waals surface area contributed by atoms with Gasteiger partial charge in [-0.2, -0.15) is 0 Å². The van der Waals surface area contributed by atoms with Gasteiger partial charge in [-0.15, -0.1) is 11.3 Å². The van der Waals surface area contributed by atoms with E-state index in [9.17, 15) is 13.2 Å². The Morgan fingerprint density at radius 1 is 1.04 bits per heavy atom. The molecule has 0 unspecified atom stereocenters. The van der Waals surface area contributed by atoms with Gasteiger partial charge in [0, 0.05) is 16.9 Å². The van der Waals surface area contributed by atoms with Gasteiger partial charge >= 0.3 is 0 Å². The third-order valence-corrected chi connectivity index (χ3v) is 6.72. The number of aromatic nitrogens is 1. The SMILES string of the molecule is CC(C)(C)S(=O)(=O)Nc1ccc(C(=O)Nc2ccc3scnc3c2)cc1. The second kappa shape index (κ2) is 6.69. The molecule has 0 saturated heterocycles. The van der Waals surface area contributed by atoms with Crippen molar-refractivity contribution in [2.45, 2.75) is 25.5 Å². The lowest BCUT2D eigenvalue weighted by Gasteiger charge is -2.20. The zero-order valence-corrected chi connectivity index (χ0v) is 16.2. The fraction of sp³-hybridized carbons (Fsp3) is 0.222. The average Bonchev–Trinajstić information content (AvgIpc) is 3.01. The Hall–Kier alpha value is -2.45. The van der Waals surface area contributed by atoms with Gasteiger partial charge in [0.25, 0.3) is 5.91 Å². The molecule has 0 saturated carbocycles. The first-order valence-electron chi connectivity index (χ1n) is 7.93. The minimum atomic E-state index is -3.50. The molecule has 1 aromatic heterocycles. The number of thiazole rings is 1. The van der Waals surface area contributed by atoms with E-state index in [1.54, 1.807) is 50.5 Å². The van der Waals surface area contributed by atoms with Gasteiger partial charge in [0.05, 0.1) is 20.5 Å². The lowest BCUT2D eigenvalue weighted by Crippen LogP contribution is -2.33. The van der Waals surface area contributed by atoms with Gasteiger partial charge in [0.2, 0.25) is 10.0 Å². The van der Waals surface area contributed by atoms with Crippen LogP contribution in [0.15, 0.2) is 48.0 Å². The lowest BCUT2D eigenvalue weighted by molar-refractivity contribution is 0.102. The van der Waals surface area contributed by atoms with Crippen molar-refractivity contribution in [1.29, 1.82) is 0 Å². The van der Waals surface area contributed by atoms with Crippen LogP contribution in [0.25, 0.3) is 10.2 Å². The molecule has 0 aliphatic rings. The predicted octanol–water partition coefficient (Wildman–Crippen LogP) is 4.09. The third kappa shape index (κ3) is 3.86. The predicted molar refractivity (Wildman–Crippen MR) is 106 cm³/mol. The fourth-order valence-electron chi connectivity index (χ4n) is 2.14. The Bertz CT molecular complexity index is 1050. The van der Waals surface area contributed by atoms with Crippen LogP contribution in [0.5, 0.6) is 0 Å². The molecule has 0 aliphatic carbocycles. The van der Waals surface area contributed by atoms with E-state index in [0.29, 0.717) is 16.9 Å². The normalized spacial score (nSPS) is 12.1. The van der Waals surface area contributed by atoms with Crippen LogP contribution in [0.3, 0.4) is 0 Å². The summed E-state index contributed by atoms with van der Waals surface area (Å²) in [7, 11) is -3.50. The highest BCUT2D eigenvalue weighted by atomic mass is 32.2. The van der Waals surface area contributed by atoms with Gasteiger partial charge in [-0.05, 0) is 63.2 Å². The van der Waals surface area contributed by atoms with E-state index < -0.39 is 14.8 Å². The molecule has 0 aliphatic heterocycles. The summed E-state index contributed by atoms with van der Waals surface area (Å²) in [4.78, 5) is 16.6. The number of rotatable bonds is 4. The number of hydrogen-bond donors (Lipinski definition) is 2. The highest BCUT2D eigenvalue weighted by molar-refractivity contribution is 7.94. The Labute approximate surface area is 156 Å². The smallest absolute Gasteiger partial charge is 0.255 e. The highest BCUT2D eigenvalue weighted by Crippen LogP contribution is 2.23. The molecular formula is C18H19N3O3S2. The van der Waals surface area contributed by atoms with Crippen molar-refractivity contribution in [3.05, 3.63) is 53.5 Å². The maximum atomic E-state index is 12.4. The zero-order chi connectivity index (χ0) is 18.9. The van der Waals surface area contributed by atoms with Crippen LogP contribution in [-0.4, -0.2) is 24.1 Å². The topological polar surface area (TPSA) is 88.2 Å². The maximum Gasteiger partial charge on any atom is 0.255 e. The molecule has 1 amide bonds. The Morgan fingerprint density at radius 3 is 2.35 bits per heavy atom. The van der Waals surface area contributed by atoms with Gasteiger partial charge in [-0.1, -0.05) is 0 Å². The highest BCUT2D eigenvalue weighted by Gasteiger charge is 2.28. The lowest BCUT2D eigenvalue weighted by atomic mass is 10.2. The van der Waals surface area contributed by atoms with Gasteiger partial charge in [0.15, 0.2) is 0 Å². The fourth-order valence-corrected chi connectivity index (χ4v) is 3.55. The molecule has 0 bridgehead atoms. The minimum Gasteiger partial charge on any atom is -0.322 e. The number of fused-ring (bicyclic) bond motifs is 1. The molecule has 2 aromatic carbocycles. The number of nitrogens with one attached hydrogen (secondary N) is 2. The van der Waals surface area contributed by atoms with Crippen molar-refractivity contribution in [2.24, 2.45) is 0 Å². The number of carbonyl (C=O) groups is 1. The molecule has 26 heavy (non-hydrogen) atoms. The van der Waals surface area contributed by atoms with E-state index in [1.807, 2.05) is 18.2 Å².